The van der Waals surface area contributed by atoms with Gasteiger partial charge < -0.3 is 4.90 Å². The number of nitrogens with zero attached hydrogens (tertiary/aromatic N) is 1. The van der Waals surface area contributed by atoms with Crippen LogP contribution in [-0.2, 0) is 0 Å². The zero-order chi connectivity index (χ0) is 31.4. The van der Waals surface area contributed by atoms with E-state index in [1.807, 2.05) is 0 Å². The van der Waals surface area contributed by atoms with Gasteiger partial charge in [0.15, 0.2) is 0 Å². The Morgan fingerprint density at radius 3 is 1.26 bits per heavy atom. The molecule has 0 atom stereocenters. The van der Waals surface area contributed by atoms with Crippen LogP contribution in [0.4, 0.5) is 17.1 Å². The molecule has 0 fully saturated rings. The summed E-state index contributed by atoms with van der Waals surface area (Å²) in [6.45, 7) is 0. The van der Waals surface area contributed by atoms with E-state index in [4.69, 9.17) is 0 Å². The lowest BCUT2D eigenvalue weighted by atomic mass is 9.93. The molecule has 8 aromatic rings. The third-order valence-electron chi connectivity index (χ3n) is 8.87. The van der Waals surface area contributed by atoms with Gasteiger partial charge in [0.05, 0.1) is 0 Å². The zero-order valence-corrected chi connectivity index (χ0v) is 26.0. The smallest absolute Gasteiger partial charge is 0.0468 e. The van der Waals surface area contributed by atoms with Crippen LogP contribution in [0.1, 0.15) is 0 Å². The average molecular weight is 600 g/mol. The topological polar surface area (TPSA) is 3.24 Å². The van der Waals surface area contributed by atoms with E-state index >= 15 is 0 Å². The molecule has 0 aromatic heterocycles. The fraction of sp³-hybridized carbons (Fsp3) is 0. The normalized spacial score (nSPS) is 11.0. The van der Waals surface area contributed by atoms with Gasteiger partial charge in [0.25, 0.3) is 0 Å². The fourth-order valence-electron chi connectivity index (χ4n) is 6.45. The second kappa shape index (κ2) is 12.7. The lowest BCUT2D eigenvalue weighted by Gasteiger charge is -2.27. The SMILES string of the molecule is c1ccc(-c2ccc(N(c3ccc(-c4ccc5ccccc5c4)cc3)c3ccc(-c4ccccc4)c(-c4ccccc4)c3)cc2)cc1. The summed E-state index contributed by atoms with van der Waals surface area (Å²) in [5, 5.41) is 2.51. The van der Waals surface area contributed by atoms with Gasteiger partial charge in [-0.1, -0.05) is 158 Å². The van der Waals surface area contributed by atoms with E-state index in [1.54, 1.807) is 0 Å². The lowest BCUT2D eigenvalue weighted by Crippen LogP contribution is -2.10. The van der Waals surface area contributed by atoms with Gasteiger partial charge in [-0.2, -0.15) is 0 Å². The summed E-state index contributed by atoms with van der Waals surface area (Å²) in [5.41, 5.74) is 13.0. The number of rotatable bonds is 7. The monoisotopic (exact) mass is 599 g/mol. The van der Waals surface area contributed by atoms with Crippen molar-refractivity contribution in [3.05, 3.63) is 200 Å². The molecule has 1 heteroatoms. The molecule has 0 saturated carbocycles. The van der Waals surface area contributed by atoms with Gasteiger partial charge >= 0.3 is 0 Å². The molecule has 0 aliphatic heterocycles. The van der Waals surface area contributed by atoms with Crippen molar-refractivity contribution < 1.29 is 0 Å². The van der Waals surface area contributed by atoms with Crippen molar-refractivity contribution in [2.75, 3.05) is 4.90 Å². The highest BCUT2D eigenvalue weighted by atomic mass is 15.1. The van der Waals surface area contributed by atoms with Crippen molar-refractivity contribution in [2.24, 2.45) is 0 Å². The Morgan fingerprint density at radius 2 is 0.660 bits per heavy atom. The Balaban J connectivity index is 1.25. The number of fused-ring (bicyclic) bond motifs is 1. The van der Waals surface area contributed by atoms with E-state index in [-0.39, 0.29) is 0 Å². The number of hydrogen-bond donors (Lipinski definition) is 0. The first kappa shape index (κ1) is 28.3. The quantitative estimate of drug-likeness (QED) is 0.176. The van der Waals surface area contributed by atoms with E-state index in [2.05, 4.69) is 205 Å². The van der Waals surface area contributed by atoms with E-state index < -0.39 is 0 Å². The summed E-state index contributed by atoms with van der Waals surface area (Å²) in [6.07, 6.45) is 0. The van der Waals surface area contributed by atoms with Gasteiger partial charge in [0, 0.05) is 17.1 Å². The Labute approximate surface area is 276 Å². The summed E-state index contributed by atoms with van der Waals surface area (Å²) in [6, 6.07) is 71.8. The highest BCUT2D eigenvalue weighted by molar-refractivity contribution is 5.90. The number of benzene rings is 8. The Hall–Kier alpha value is -6.18. The van der Waals surface area contributed by atoms with Crippen molar-refractivity contribution in [2.45, 2.75) is 0 Å². The first-order valence-corrected chi connectivity index (χ1v) is 16.1. The molecule has 0 aliphatic carbocycles. The van der Waals surface area contributed by atoms with Crippen LogP contribution in [-0.4, -0.2) is 0 Å². The summed E-state index contributed by atoms with van der Waals surface area (Å²) in [4.78, 5) is 2.36. The van der Waals surface area contributed by atoms with Crippen LogP contribution < -0.4 is 4.90 Å². The third-order valence-corrected chi connectivity index (χ3v) is 8.87. The van der Waals surface area contributed by atoms with Crippen LogP contribution in [0.3, 0.4) is 0 Å². The molecule has 0 aliphatic rings. The van der Waals surface area contributed by atoms with Gasteiger partial charge in [-0.05, 0) is 97.7 Å². The molecule has 0 unspecified atom stereocenters. The molecule has 47 heavy (non-hydrogen) atoms. The summed E-state index contributed by atoms with van der Waals surface area (Å²) >= 11 is 0. The molecular weight excluding hydrogens is 567 g/mol. The maximum atomic E-state index is 2.36. The minimum Gasteiger partial charge on any atom is -0.310 e. The minimum absolute atomic E-state index is 1.11. The molecule has 0 spiro atoms. The second-order valence-electron chi connectivity index (χ2n) is 11.8. The van der Waals surface area contributed by atoms with Crippen molar-refractivity contribution in [1.82, 2.24) is 0 Å². The molecule has 222 valence electrons. The standard InChI is InChI=1S/C46H33N/c1-4-12-34(13-5-1)36-22-26-42(27-23-36)47(43-28-24-37(25-29-43)41-21-20-35-14-10-11-19-40(35)32-41)44-30-31-45(38-15-6-2-7-16-38)46(33-44)39-17-8-3-9-18-39/h1-33H. The number of anilines is 3. The van der Waals surface area contributed by atoms with Crippen LogP contribution in [0, 0.1) is 0 Å². The van der Waals surface area contributed by atoms with Crippen LogP contribution in [0.25, 0.3) is 55.3 Å². The zero-order valence-electron chi connectivity index (χ0n) is 26.0. The maximum absolute atomic E-state index is 2.36. The van der Waals surface area contributed by atoms with Crippen molar-refractivity contribution in [3.8, 4) is 44.5 Å². The van der Waals surface area contributed by atoms with Crippen LogP contribution in [0.2, 0.25) is 0 Å². The molecule has 0 amide bonds. The highest BCUT2D eigenvalue weighted by Crippen LogP contribution is 2.41. The Morgan fingerprint density at radius 1 is 0.234 bits per heavy atom. The van der Waals surface area contributed by atoms with E-state index in [1.165, 1.54) is 55.3 Å². The van der Waals surface area contributed by atoms with E-state index in [9.17, 15) is 0 Å². The predicted octanol–water partition coefficient (Wildman–Crippen LogP) is 13.0. The molecule has 0 N–H and O–H groups in total. The van der Waals surface area contributed by atoms with E-state index in [0.29, 0.717) is 0 Å². The first-order valence-electron chi connectivity index (χ1n) is 16.1. The van der Waals surface area contributed by atoms with Crippen LogP contribution in [0.5, 0.6) is 0 Å². The Kier molecular flexibility index (Phi) is 7.63. The molecule has 1 nitrogen and oxygen atoms in total. The maximum Gasteiger partial charge on any atom is 0.0468 e. The molecule has 8 aromatic carbocycles. The molecule has 8 rings (SSSR count). The largest absolute Gasteiger partial charge is 0.310 e. The van der Waals surface area contributed by atoms with Gasteiger partial charge in [-0.25, -0.2) is 0 Å². The minimum atomic E-state index is 1.11. The number of hydrogen-bond acceptors (Lipinski definition) is 1. The van der Waals surface area contributed by atoms with Gasteiger partial charge in [0.1, 0.15) is 0 Å². The molecular formula is C46H33N. The Bertz CT molecular complexity index is 2250. The fourth-order valence-corrected chi connectivity index (χ4v) is 6.45. The van der Waals surface area contributed by atoms with Crippen LogP contribution in [0.15, 0.2) is 200 Å². The predicted molar refractivity (Wildman–Crippen MR) is 200 cm³/mol. The van der Waals surface area contributed by atoms with Gasteiger partial charge in [-0.3, -0.25) is 0 Å². The van der Waals surface area contributed by atoms with Crippen molar-refractivity contribution in [1.29, 1.82) is 0 Å². The first-order chi connectivity index (χ1) is 23.3. The van der Waals surface area contributed by atoms with E-state index in [0.717, 1.165) is 17.1 Å². The summed E-state index contributed by atoms with van der Waals surface area (Å²) in [7, 11) is 0. The van der Waals surface area contributed by atoms with Gasteiger partial charge in [-0.15, -0.1) is 0 Å². The lowest BCUT2D eigenvalue weighted by molar-refractivity contribution is 1.28. The third kappa shape index (κ3) is 5.83. The molecule has 0 saturated heterocycles. The second-order valence-corrected chi connectivity index (χ2v) is 11.8. The van der Waals surface area contributed by atoms with Crippen molar-refractivity contribution >= 4 is 27.8 Å². The van der Waals surface area contributed by atoms with Crippen LogP contribution >= 0.6 is 0 Å². The highest BCUT2D eigenvalue weighted by Gasteiger charge is 2.17. The summed E-state index contributed by atoms with van der Waals surface area (Å²) < 4.78 is 0. The molecule has 0 bridgehead atoms. The van der Waals surface area contributed by atoms with Gasteiger partial charge in [0.2, 0.25) is 0 Å². The van der Waals surface area contributed by atoms with Crippen molar-refractivity contribution in [3.63, 3.8) is 0 Å². The molecule has 0 heterocycles. The molecule has 0 radical (unpaired) electrons. The average Bonchev–Trinajstić information content (AvgIpc) is 3.16. The summed E-state index contributed by atoms with van der Waals surface area (Å²) in [5.74, 6) is 0.